The molecule has 0 aromatic carbocycles. The lowest BCUT2D eigenvalue weighted by Crippen LogP contribution is -2.42. The van der Waals surface area contributed by atoms with Crippen LogP contribution in [0.25, 0.3) is 0 Å². The highest BCUT2D eigenvalue weighted by atomic mass is 32.2. The Bertz CT molecular complexity index is 272. The van der Waals surface area contributed by atoms with Crippen molar-refractivity contribution in [1.29, 1.82) is 0 Å². The van der Waals surface area contributed by atoms with Gasteiger partial charge in [0.05, 0.1) is 0 Å². The number of hydrogen-bond acceptors (Lipinski definition) is 3. The number of carbonyl (C=O) groups excluding carboxylic acids is 1. The highest BCUT2D eigenvalue weighted by Crippen LogP contribution is 2.16. The molecule has 0 aromatic heterocycles. The number of hydrogen-bond donors (Lipinski definition) is 1. The van der Waals surface area contributed by atoms with Gasteiger partial charge >= 0.3 is 0 Å². The zero-order chi connectivity index (χ0) is 12.8. The molecule has 5 heteroatoms. The monoisotopic (exact) mass is 260 g/mol. The van der Waals surface area contributed by atoms with Crippen LogP contribution in [0.1, 0.15) is 26.7 Å². The van der Waals surface area contributed by atoms with Gasteiger partial charge in [0.15, 0.2) is 0 Å². The molecule has 0 aliphatic carbocycles. The summed E-state index contributed by atoms with van der Waals surface area (Å²) in [5.41, 5.74) is 5.70. The van der Waals surface area contributed by atoms with Gasteiger partial charge in [-0.05, 0) is 24.8 Å². The van der Waals surface area contributed by atoms with Crippen molar-refractivity contribution in [2.45, 2.75) is 26.7 Å². The molecule has 1 aliphatic rings. The van der Waals surface area contributed by atoms with Crippen LogP contribution in [-0.4, -0.2) is 46.2 Å². The molecule has 4 nitrogen and oxygen atoms in total. The van der Waals surface area contributed by atoms with Crippen molar-refractivity contribution < 1.29 is 9.00 Å². The molecule has 2 N–H and O–H groups in total. The summed E-state index contributed by atoms with van der Waals surface area (Å²) < 4.78 is 11.2. The Labute approximate surface area is 106 Å². The fourth-order valence-electron chi connectivity index (χ4n) is 2.19. The summed E-state index contributed by atoms with van der Waals surface area (Å²) in [4.78, 5) is 13.9. The number of rotatable bonds is 5. The molecule has 1 heterocycles. The summed E-state index contributed by atoms with van der Waals surface area (Å²) in [6.07, 6.45) is 1.54. The molecule has 1 amide bonds. The van der Waals surface area contributed by atoms with Crippen LogP contribution >= 0.6 is 0 Å². The first-order chi connectivity index (χ1) is 8.02. The second-order valence-electron chi connectivity index (χ2n) is 5.16. The van der Waals surface area contributed by atoms with E-state index in [1.807, 2.05) is 4.90 Å². The van der Waals surface area contributed by atoms with Gasteiger partial charge in [0.1, 0.15) is 0 Å². The van der Waals surface area contributed by atoms with Gasteiger partial charge < -0.3 is 10.6 Å². The van der Waals surface area contributed by atoms with Crippen LogP contribution in [0.3, 0.4) is 0 Å². The summed E-state index contributed by atoms with van der Waals surface area (Å²) in [7, 11) is -0.720. The normalized spacial score (nSPS) is 19.6. The molecule has 1 fully saturated rings. The summed E-state index contributed by atoms with van der Waals surface area (Å²) in [5.74, 6) is 2.30. The van der Waals surface area contributed by atoms with Crippen LogP contribution in [0.2, 0.25) is 0 Å². The fourth-order valence-corrected chi connectivity index (χ4v) is 3.25. The average molecular weight is 260 g/mol. The lowest BCUT2D eigenvalue weighted by molar-refractivity contribution is -0.131. The zero-order valence-electron chi connectivity index (χ0n) is 10.9. The van der Waals surface area contributed by atoms with Crippen molar-refractivity contribution in [2.24, 2.45) is 17.6 Å². The van der Waals surface area contributed by atoms with E-state index in [-0.39, 0.29) is 11.8 Å². The van der Waals surface area contributed by atoms with E-state index < -0.39 is 10.8 Å². The molecule has 17 heavy (non-hydrogen) atoms. The van der Waals surface area contributed by atoms with Crippen LogP contribution in [0.15, 0.2) is 0 Å². The fraction of sp³-hybridized carbons (Fsp3) is 0.917. The maximum Gasteiger partial charge on any atom is 0.222 e. The van der Waals surface area contributed by atoms with E-state index in [1.165, 1.54) is 0 Å². The van der Waals surface area contributed by atoms with Gasteiger partial charge in [-0.2, -0.15) is 0 Å². The first-order valence-electron chi connectivity index (χ1n) is 6.35. The van der Waals surface area contributed by atoms with Crippen LogP contribution in [0.4, 0.5) is 0 Å². The summed E-state index contributed by atoms with van der Waals surface area (Å²) >= 11 is 0. The Kier molecular flexibility index (Phi) is 6.12. The maximum atomic E-state index is 12.0. The second kappa shape index (κ2) is 7.11. The number of nitrogens with two attached hydrogens (primary N) is 1. The molecule has 0 saturated carbocycles. The number of carbonyl (C=O) groups is 1. The molecule has 1 saturated heterocycles. The first kappa shape index (κ1) is 14.6. The Balaban J connectivity index is 2.39. The van der Waals surface area contributed by atoms with E-state index in [9.17, 15) is 9.00 Å². The summed E-state index contributed by atoms with van der Waals surface area (Å²) in [5, 5.41) is 0. The van der Waals surface area contributed by atoms with E-state index in [0.717, 1.165) is 6.42 Å². The second-order valence-corrected chi connectivity index (χ2v) is 6.86. The quantitative estimate of drug-likeness (QED) is 0.787. The largest absolute Gasteiger partial charge is 0.341 e. The molecule has 1 aliphatic heterocycles. The predicted molar refractivity (Wildman–Crippen MR) is 71.1 cm³/mol. The smallest absolute Gasteiger partial charge is 0.222 e. The molecule has 0 aromatic rings. The molecule has 0 radical (unpaired) electrons. The Hall–Kier alpha value is -0.420. The third kappa shape index (κ3) is 5.17. The minimum atomic E-state index is -0.720. The van der Waals surface area contributed by atoms with E-state index in [4.69, 9.17) is 5.73 Å². The Morgan fingerprint density at radius 1 is 1.35 bits per heavy atom. The maximum absolute atomic E-state index is 12.0. The summed E-state index contributed by atoms with van der Waals surface area (Å²) in [6.45, 7) is 6.16. The minimum absolute atomic E-state index is 0.179. The van der Waals surface area contributed by atoms with Crippen molar-refractivity contribution in [1.82, 2.24) is 4.90 Å². The standard InChI is InChI=1S/C12H24N2O2S/c1-10(2)7-11(9-13)8-12(15)14-3-5-17(16)6-4-14/h10-11H,3-9,13H2,1-2H3/t11-/m0/s1. The molecule has 1 rings (SSSR count). The van der Waals surface area contributed by atoms with Gasteiger partial charge in [-0.1, -0.05) is 13.8 Å². The van der Waals surface area contributed by atoms with Crippen LogP contribution in [0.5, 0.6) is 0 Å². The Morgan fingerprint density at radius 3 is 2.41 bits per heavy atom. The van der Waals surface area contributed by atoms with Gasteiger partial charge in [0, 0.05) is 41.8 Å². The van der Waals surface area contributed by atoms with E-state index in [0.29, 0.717) is 43.5 Å². The molecule has 1 atom stereocenters. The van der Waals surface area contributed by atoms with Crippen molar-refractivity contribution in [3.05, 3.63) is 0 Å². The molecule has 100 valence electrons. The molecule has 0 bridgehead atoms. The number of nitrogens with zero attached hydrogens (tertiary/aromatic N) is 1. The van der Waals surface area contributed by atoms with E-state index >= 15 is 0 Å². The molecular formula is C12H24N2O2S. The minimum Gasteiger partial charge on any atom is -0.341 e. The van der Waals surface area contributed by atoms with E-state index in [2.05, 4.69) is 13.8 Å². The lowest BCUT2D eigenvalue weighted by Gasteiger charge is -2.28. The zero-order valence-corrected chi connectivity index (χ0v) is 11.7. The molecular weight excluding hydrogens is 236 g/mol. The average Bonchev–Trinajstić information content (AvgIpc) is 2.28. The summed E-state index contributed by atoms with van der Waals surface area (Å²) in [6, 6.07) is 0. The van der Waals surface area contributed by atoms with Gasteiger partial charge in [0.25, 0.3) is 0 Å². The number of amides is 1. The highest BCUT2D eigenvalue weighted by Gasteiger charge is 2.22. The topological polar surface area (TPSA) is 63.4 Å². The SMILES string of the molecule is CC(C)C[C@H](CN)CC(=O)N1CCS(=O)CC1. The predicted octanol–water partition coefficient (Wildman–Crippen LogP) is 0.588. The van der Waals surface area contributed by atoms with Crippen molar-refractivity contribution in [3.8, 4) is 0 Å². The highest BCUT2D eigenvalue weighted by molar-refractivity contribution is 7.85. The van der Waals surface area contributed by atoms with Gasteiger partial charge in [-0.15, -0.1) is 0 Å². The lowest BCUT2D eigenvalue weighted by atomic mass is 9.94. The third-order valence-electron chi connectivity index (χ3n) is 3.13. The van der Waals surface area contributed by atoms with Gasteiger partial charge in [-0.3, -0.25) is 9.00 Å². The first-order valence-corrected chi connectivity index (χ1v) is 7.84. The van der Waals surface area contributed by atoms with Gasteiger partial charge in [-0.25, -0.2) is 0 Å². The van der Waals surface area contributed by atoms with Crippen molar-refractivity contribution in [2.75, 3.05) is 31.1 Å². The third-order valence-corrected chi connectivity index (χ3v) is 4.41. The van der Waals surface area contributed by atoms with E-state index in [1.54, 1.807) is 0 Å². The van der Waals surface area contributed by atoms with Crippen molar-refractivity contribution in [3.63, 3.8) is 0 Å². The molecule has 0 unspecified atom stereocenters. The van der Waals surface area contributed by atoms with Crippen LogP contribution < -0.4 is 5.73 Å². The van der Waals surface area contributed by atoms with Gasteiger partial charge in [0.2, 0.25) is 5.91 Å². The van der Waals surface area contributed by atoms with Crippen molar-refractivity contribution >= 4 is 16.7 Å². The van der Waals surface area contributed by atoms with Crippen LogP contribution in [-0.2, 0) is 15.6 Å². The van der Waals surface area contributed by atoms with Crippen LogP contribution in [0, 0.1) is 11.8 Å². The molecule has 0 spiro atoms. The Morgan fingerprint density at radius 2 is 1.94 bits per heavy atom.